The lowest BCUT2D eigenvalue weighted by atomic mass is 10.1. The quantitative estimate of drug-likeness (QED) is 0.838. The van der Waals surface area contributed by atoms with Crippen LogP contribution in [0.15, 0.2) is 42.6 Å². The number of amides is 2. The molecule has 0 saturated carbocycles. The van der Waals surface area contributed by atoms with Crippen LogP contribution in [0.2, 0.25) is 0 Å². The molecule has 1 aromatic heterocycles. The molecule has 1 aromatic carbocycles. The van der Waals surface area contributed by atoms with Crippen LogP contribution >= 0.6 is 0 Å². The minimum Gasteiger partial charge on any atom is -0.357 e. The molecule has 26 heavy (non-hydrogen) atoms. The van der Waals surface area contributed by atoms with Crippen molar-refractivity contribution >= 4 is 23.3 Å². The number of nitrogens with one attached hydrogen (secondary N) is 2. The summed E-state index contributed by atoms with van der Waals surface area (Å²) in [5.41, 5.74) is 2.62. The molecule has 2 heterocycles. The summed E-state index contributed by atoms with van der Waals surface area (Å²) in [5.74, 6) is 0.859. The van der Waals surface area contributed by atoms with Crippen molar-refractivity contribution in [1.29, 1.82) is 0 Å². The fourth-order valence-corrected chi connectivity index (χ4v) is 3.01. The van der Waals surface area contributed by atoms with Crippen LogP contribution < -0.4 is 15.5 Å². The van der Waals surface area contributed by atoms with Crippen molar-refractivity contribution in [3.8, 4) is 0 Å². The van der Waals surface area contributed by atoms with Gasteiger partial charge >= 0.3 is 0 Å². The summed E-state index contributed by atoms with van der Waals surface area (Å²) in [6.45, 7) is 4.08. The first kappa shape index (κ1) is 17.9. The monoisotopic (exact) mass is 352 g/mol. The van der Waals surface area contributed by atoms with E-state index in [1.165, 1.54) is 19.8 Å². The Kier molecular flexibility index (Phi) is 5.84. The summed E-state index contributed by atoms with van der Waals surface area (Å²) in [4.78, 5) is 29.9. The van der Waals surface area contributed by atoms with Gasteiger partial charge in [0.05, 0.1) is 6.42 Å². The van der Waals surface area contributed by atoms with Crippen molar-refractivity contribution in [2.24, 2.45) is 0 Å². The highest BCUT2D eigenvalue weighted by atomic mass is 16.2. The molecule has 6 heteroatoms. The van der Waals surface area contributed by atoms with Gasteiger partial charge in [0.15, 0.2) is 0 Å². The maximum absolute atomic E-state index is 12.1. The number of rotatable bonds is 6. The van der Waals surface area contributed by atoms with E-state index in [4.69, 9.17) is 0 Å². The highest BCUT2D eigenvalue weighted by molar-refractivity contribution is 5.88. The predicted octanol–water partition coefficient (Wildman–Crippen LogP) is 2.50. The van der Waals surface area contributed by atoms with Gasteiger partial charge in [-0.3, -0.25) is 9.59 Å². The minimum absolute atomic E-state index is 0.0408. The lowest BCUT2D eigenvalue weighted by molar-refractivity contribution is -0.120. The number of aromatic nitrogens is 1. The van der Waals surface area contributed by atoms with Gasteiger partial charge in [-0.1, -0.05) is 18.2 Å². The number of carbonyl (C=O) groups excluding carboxylic acids is 2. The second kappa shape index (κ2) is 8.47. The first-order valence-corrected chi connectivity index (χ1v) is 8.93. The van der Waals surface area contributed by atoms with Gasteiger partial charge < -0.3 is 15.5 Å². The second-order valence-corrected chi connectivity index (χ2v) is 6.55. The largest absolute Gasteiger partial charge is 0.357 e. The van der Waals surface area contributed by atoms with Gasteiger partial charge in [-0.05, 0) is 42.2 Å². The zero-order chi connectivity index (χ0) is 18.4. The molecule has 136 valence electrons. The van der Waals surface area contributed by atoms with Crippen LogP contribution in [-0.2, 0) is 22.6 Å². The fourth-order valence-electron chi connectivity index (χ4n) is 3.01. The molecule has 0 unspecified atom stereocenters. The van der Waals surface area contributed by atoms with Crippen LogP contribution in [0.3, 0.4) is 0 Å². The lowest BCUT2D eigenvalue weighted by Crippen LogP contribution is -2.25. The fraction of sp³-hybridized carbons (Fsp3) is 0.350. The zero-order valence-corrected chi connectivity index (χ0v) is 15.0. The van der Waals surface area contributed by atoms with Crippen molar-refractivity contribution < 1.29 is 9.59 Å². The molecule has 2 N–H and O–H groups in total. The Hall–Kier alpha value is -2.89. The Bertz CT molecular complexity index is 750. The molecule has 0 bridgehead atoms. The first-order valence-electron chi connectivity index (χ1n) is 8.93. The van der Waals surface area contributed by atoms with E-state index >= 15 is 0 Å². The minimum atomic E-state index is -0.111. The van der Waals surface area contributed by atoms with Crippen molar-refractivity contribution in [3.05, 3.63) is 53.7 Å². The third-order valence-electron chi connectivity index (χ3n) is 4.37. The van der Waals surface area contributed by atoms with Gasteiger partial charge in [-0.15, -0.1) is 0 Å². The molecular formula is C20H24N4O2. The van der Waals surface area contributed by atoms with Gasteiger partial charge in [-0.25, -0.2) is 4.98 Å². The summed E-state index contributed by atoms with van der Waals surface area (Å²) in [7, 11) is 0. The molecule has 1 aliphatic heterocycles. The Morgan fingerprint density at radius 2 is 1.73 bits per heavy atom. The van der Waals surface area contributed by atoms with Crippen molar-refractivity contribution in [2.45, 2.75) is 32.7 Å². The number of pyridine rings is 1. The number of anilines is 2. The van der Waals surface area contributed by atoms with Crippen molar-refractivity contribution in [2.75, 3.05) is 23.3 Å². The third-order valence-corrected chi connectivity index (χ3v) is 4.37. The number of hydrogen-bond acceptors (Lipinski definition) is 4. The number of nitrogens with zero attached hydrogens (tertiary/aromatic N) is 2. The van der Waals surface area contributed by atoms with Crippen LogP contribution in [0, 0.1) is 0 Å². The summed E-state index contributed by atoms with van der Waals surface area (Å²) in [5, 5.41) is 5.63. The lowest BCUT2D eigenvalue weighted by Gasteiger charge is -2.16. The van der Waals surface area contributed by atoms with E-state index in [1.54, 1.807) is 12.1 Å². The van der Waals surface area contributed by atoms with Crippen LogP contribution in [0.1, 0.15) is 30.9 Å². The summed E-state index contributed by atoms with van der Waals surface area (Å²) in [6.07, 6.45) is 4.59. The number of hydrogen-bond donors (Lipinski definition) is 2. The first-order chi connectivity index (χ1) is 12.6. The van der Waals surface area contributed by atoms with Gasteiger partial charge in [0.2, 0.25) is 11.8 Å². The molecule has 1 fully saturated rings. The standard InChI is InChI=1S/C20H24N4O2/c1-15(25)23-18-7-4-16(5-8-18)12-20(26)22-14-17-6-9-19(21-13-17)24-10-2-3-11-24/h4-9,13H,2-3,10-12,14H2,1H3,(H,22,26)(H,23,25). The van der Waals surface area contributed by atoms with E-state index in [9.17, 15) is 9.59 Å². The maximum atomic E-state index is 12.1. The van der Waals surface area contributed by atoms with E-state index in [2.05, 4.69) is 20.5 Å². The molecule has 0 atom stereocenters. The molecule has 0 spiro atoms. The molecule has 0 radical (unpaired) electrons. The number of carbonyl (C=O) groups is 2. The molecule has 2 amide bonds. The number of benzene rings is 1. The Morgan fingerprint density at radius 3 is 2.35 bits per heavy atom. The molecule has 1 aliphatic rings. The summed E-state index contributed by atoms with van der Waals surface area (Å²) in [6, 6.07) is 11.3. The Balaban J connectivity index is 1.46. The highest BCUT2D eigenvalue weighted by Gasteiger charge is 2.13. The molecule has 3 rings (SSSR count). The van der Waals surface area contributed by atoms with Crippen LogP contribution in [0.5, 0.6) is 0 Å². The van der Waals surface area contributed by atoms with Crippen LogP contribution in [0.25, 0.3) is 0 Å². The average molecular weight is 352 g/mol. The summed E-state index contributed by atoms with van der Waals surface area (Å²) >= 11 is 0. The van der Waals surface area contributed by atoms with Crippen LogP contribution in [-0.4, -0.2) is 29.9 Å². The maximum Gasteiger partial charge on any atom is 0.224 e. The van der Waals surface area contributed by atoms with E-state index in [-0.39, 0.29) is 11.8 Å². The molecule has 6 nitrogen and oxygen atoms in total. The van der Waals surface area contributed by atoms with Gasteiger partial charge in [0, 0.05) is 38.4 Å². The molecular weight excluding hydrogens is 328 g/mol. The SMILES string of the molecule is CC(=O)Nc1ccc(CC(=O)NCc2ccc(N3CCCC3)nc2)cc1. The average Bonchev–Trinajstić information content (AvgIpc) is 3.16. The Morgan fingerprint density at radius 1 is 1.04 bits per heavy atom. The van der Waals surface area contributed by atoms with Gasteiger partial charge in [0.1, 0.15) is 5.82 Å². The smallest absolute Gasteiger partial charge is 0.224 e. The molecule has 2 aromatic rings. The van der Waals surface area contributed by atoms with Crippen LogP contribution in [0.4, 0.5) is 11.5 Å². The molecule has 0 aliphatic carbocycles. The highest BCUT2D eigenvalue weighted by Crippen LogP contribution is 2.17. The summed E-state index contributed by atoms with van der Waals surface area (Å²) < 4.78 is 0. The van der Waals surface area contributed by atoms with Gasteiger partial charge in [0.25, 0.3) is 0 Å². The van der Waals surface area contributed by atoms with Crippen molar-refractivity contribution in [1.82, 2.24) is 10.3 Å². The molecule has 1 saturated heterocycles. The third kappa shape index (κ3) is 5.05. The van der Waals surface area contributed by atoms with E-state index in [0.717, 1.165) is 35.7 Å². The van der Waals surface area contributed by atoms with E-state index in [0.29, 0.717) is 13.0 Å². The van der Waals surface area contributed by atoms with E-state index in [1.807, 2.05) is 30.5 Å². The normalized spacial score (nSPS) is 13.5. The predicted molar refractivity (Wildman–Crippen MR) is 102 cm³/mol. The Labute approximate surface area is 153 Å². The zero-order valence-electron chi connectivity index (χ0n) is 15.0. The topological polar surface area (TPSA) is 74.3 Å². The second-order valence-electron chi connectivity index (χ2n) is 6.55. The van der Waals surface area contributed by atoms with Crippen molar-refractivity contribution in [3.63, 3.8) is 0 Å². The van der Waals surface area contributed by atoms with Gasteiger partial charge in [-0.2, -0.15) is 0 Å². The van der Waals surface area contributed by atoms with E-state index < -0.39 is 0 Å².